The molecule has 2 amide bonds. The molecule has 0 spiro atoms. The topological polar surface area (TPSA) is 85.7 Å². The molecule has 194 valence electrons. The van der Waals surface area contributed by atoms with Gasteiger partial charge in [-0.25, -0.2) is 4.68 Å². The van der Waals surface area contributed by atoms with E-state index in [9.17, 15) is 9.59 Å². The Labute approximate surface area is 221 Å². The first kappa shape index (κ1) is 25.1. The molecule has 0 fully saturated rings. The number of aryl methyl sites for hydroxylation is 2. The van der Waals surface area contributed by atoms with E-state index >= 15 is 0 Å². The Morgan fingerprint density at radius 2 is 1.68 bits per heavy atom. The molecule has 38 heavy (non-hydrogen) atoms. The molecule has 0 saturated carbocycles. The molecule has 0 bridgehead atoms. The van der Waals surface area contributed by atoms with Gasteiger partial charge in [0.05, 0.1) is 11.4 Å². The summed E-state index contributed by atoms with van der Waals surface area (Å²) in [7, 11) is 0. The van der Waals surface area contributed by atoms with Gasteiger partial charge in [-0.3, -0.25) is 9.59 Å². The van der Waals surface area contributed by atoms with Crippen LogP contribution < -0.4 is 14.8 Å². The van der Waals surface area contributed by atoms with Crippen molar-refractivity contribution in [3.63, 3.8) is 0 Å². The SMILES string of the molecule is Cc1ccccc1-n1nc(C)c(-c2ccccc2)c1NC(=O)CN(C(=O)c1ccc2c(c1)OCO2)C(C)C. The van der Waals surface area contributed by atoms with Crippen LogP contribution in [0.5, 0.6) is 11.5 Å². The minimum atomic E-state index is -0.320. The maximum Gasteiger partial charge on any atom is 0.254 e. The van der Waals surface area contributed by atoms with Crippen LogP contribution in [0, 0.1) is 13.8 Å². The molecule has 3 aromatic carbocycles. The summed E-state index contributed by atoms with van der Waals surface area (Å²) in [6.07, 6.45) is 0. The summed E-state index contributed by atoms with van der Waals surface area (Å²) in [4.78, 5) is 28.5. The lowest BCUT2D eigenvalue weighted by Gasteiger charge is -2.26. The van der Waals surface area contributed by atoms with E-state index in [4.69, 9.17) is 14.6 Å². The highest BCUT2D eigenvalue weighted by atomic mass is 16.7. The third-order valence-corrected chi connectivity index (χ3v) is 6.54. The number of fused-ring (bicyclic) bond motifs is 1. The Morgan fingerprint density at radius 1 is 0.974 bits per heavy atom. The fourth-order valence-corrected chi connectivity index (χ4v) is 4.58. The fraction of sp³-hybridized carbons (Fsp3) is 0.233. The molecule has 0 saturated heterocycles. The summed E-state index contributed by atoms with van der Waals surface area (Å²) < 4.78 is 12.6. The van der Waals surface area contributed by atoms with Crippen LogP contribution >= 0.6 is 0 Å². The summed E-state index contributed by atoms with van der Waals surface area (Å²) in [5, 5.41) is 7.88. The highest BCUT2D eigenvalue weighted by Crippen LogP contribution is 2.35. The first-order valence-electron chi connectivity index (χ1n) is 12.5. The van der Waals surface area contributed by atoms with Gasteiger partial charge in [-0.2, -0.15) is 5.10 Å². The maximum atomic E-state index is 13.5. The van der Waals surface area contributed by atoms with E-state index in [-0.39, 0.29) is 31.2 Å². The van der Waals surface area contributed by atoms with Crippen molar-refractivity contribution < 1.29 is 19.1 Å². The molecule has 5 rings (SSSR count). The Balaban J connectivity index is 1.47. The molecular formula is C30H30N4O4. The molecule has 4 aromatic rings. The van der Waals surface area contributed by atoms with Crippen molar-refractivity contribution in [2.45, 2.75) is 33.7 Å². The number of hydrogen-bond acceptors (Lipinski definition) is 5. The summed E-state index contributed by atoms with van der Waals surface area (Å²) in [6, 6.07) is 22.6. The molecule has 8 nitrogen and oxygen atoms in total. The number of aromatic nitrogens is 2. The largest absolute Gasteiger partial charge is 0.454 e. The van der Waals surface area contributed by atoms with Gasteiger partial charge in [0.1, 0.15) is 12.4 Å². The number of hydrogen-bond donors (Lipinski definition) is 1. The van der Waals surface area contributed by atoms with Crippen LogP contribution in [0.1, 0.15) is 35.5 Å². The van der Waals surface area contributed by atoms with Crippen LogP contribution in [0.25, 0.3) is 16.8 Å². The molecule has 0 aliphatic carbocycles. The number of nitrogens with zero attached hydrogens (tertiary/aromatic N) is 3. The molecule has 0 atom stereocenters. The summed E-state index contributed by atoms with van der Waals surface area (Å²) in [5.74, 6) is 1.10. The second kappa shape index (κ2) is 10.4. The number of carbonyl (C=O) groups is 2. The van der Waals surface area contributed by atoms with Crippen LogP contribution in [-0.4, -0.2) is 45.9 Å². The normalized spacial score (nSPS) is 12.0. The van der Waals surface area contributed by atoms with Gasteiger partial charge >= 0.3 is 0 Å². The van der Waals surface area contributed by atoms with Gasteiger partial charge in [0.2, 0.25) is 12.7 Å². The van der Waals surface area contributed by atoms with Gasteiger partial charge in [-0.05, 0) is 63.1 Å². The van der Waals surface area contributed by atoms with Crippen LogP contribution in [0.4, 0.5) is 5.82 Å². The second-order valence-electron chi connectivity index (χ2n) is 9.52. The molecular weight excluding hydrogens is 480 g/mol. The average molecular weight is 511 g/mol. The van der Waals surface area contributed by atoms with Crippen molar-refractivity contribution in [2.24, 2.45) is 0 Å². The number of rotatable bonds is 7. The summed E-state index contributed by atoms with van der Waals surface area (Å²) in [6.45, 7) is 7.70. The zero-order valence-electron chi connectivity index (χ0n) is 21.9. The lowest BCUT2D eigenvalue weighted by atomic mass is 10.1. The Morgan fingerprint density at radius 3 is 2.42 bits per heavy atom. The minimum absolute atomic E-state index is 0.126. The second-order valence-corrected chi connectivity index (χ2v) is 9.52. The number of amides is 2. The van der Waals surface area contributed by atoms with Gasteiger partial charge in [-0.15, -0.1) is 0 Å². The van der Waals surface area contributed by atoms with Gasteiger partial charge < -0.3 is 19.7 Å². The van der Waals surface area contributed by atoms with E-state index in [1.165, 1.54) is 4.90 Å². The fourth-order valence-electron chi connectivity index (χ4n) is 4.58. The van der Waals surface area contributed by atoms with Crippen LogP contribution in [0.3, 0.4) is 0 Å². The minimum Gasteiger partial charge on any atom is -0.454 e. The van der Waals surface area contributed by atoms with Crippen molar-refractivity contribution >= 4 is 17.6 Å². The quantitative estimate of drug-likeness (QED) is 0.361. The molecule has 2 heterocycles. The van der Waals surface area contributed by atoms with Crippen molar-refractivity contribution in [1.82, 2.24) is 14.7 Å². The standard InChI is InChI=1S/C30H30N4O4/c1-19(2)33(30(36)23-14-15-25-26(16-23)38-18-37-25)17-27(35)31-29-28(22-11-6-5-7-12-22)21(4)32-34(29)24-13-9-8-10-20(24)3/h5-16,19H,17-18H2,1-4H3,(H,31,35). The van der Waals surface area contributed by atoms with Gasteiger partial charge in [0.25, 0.3) is 5.91 Å². The highest BCUT2D eigenvalue weighted by Gasteiger charge is 2.26. The first-order valence-corrected chi connectivity index (χ1v) is 12.5. The third-order valence-electron chi connectivity index (χ3n) is 6.54. The lowest BCUT2D eigenvalue weighted by Crippen LogP contribution is -2.42. The Kier molecular flexibility index (Phi) is 6.87. The van der Waals surface area contributed by atoms with Crippen molar-refractivity contribution in [1.29, 1.82) is 0 Å². The number of anilines is 1. The van der Waals surface area contributed by atoms with E-state index in [2.05, 4.69) is 5.32 Å². The molecule has 1 aliphatic heterocycles. The zero-order chi connectivity index (χ0) is 26.8. The smallest absolute Gasteiger partial charge is 0.254 e. The molecule has 1 N–H and O–H groups in total. The molecule has 0 unspecified atom stereocenters. The molecule has 1 aliphatic rings. The summed E-state index contributed by atoms with van der Waals surface area (Å²) in [5.41, 5.74) is 4.88. The number of carbonyl (C=O) groups excluding carboxylic acids is 2. The molecule has 1 aromatic heterocycles. The van der Waals surface area contributed by atoms with Crippen LogP contribution in [-0.2, 0) is 4.79 Å². The van der Waals surface area contributed by atoms with E-state index in [1.807, 2.05) is 82.3 Å². The number of para-hydroxylation sites is 1. The molecule has 0 radical (unpaired) electrons. The third kappa shape index (κ3) is 4.85. The predicted octanol–water partition coefficient (Wildman–Crippen LogP) is 5.37. The van der Waals surface area contributed by atoms with Crippen molar-refractivity contribution in [3.8, 4) is 28.3 Å². The Hall–Kier alpha value is -4.59. The monoisotopic (exact) mass is 510 g/mol. The van der Waals surface area contributed by atoms with Crippen LogP contribution in [0.15, 0.2) is 72.8 Å². The summed E-state index contributed by atoms with van der Waals surface area (Å²) >= 11 is 0. The van der Waals surface area contributed by atoms with Crippen LogP contribution in [0.2, 0.25) is 0 Å². The van der Waals surface area contributed by atoms with Gasteiger partial charge in [-0.1, -0.05) is 48.5 Å². The van der Waals surface area contributed by atoms with E-state index in [0.29, 0.717) is 22.9 Å². The maximum absolute atomic E-state index is 13.5. The van der Waals surface area contributed by atoms with E-state index in [1.54, 1.807) is 22.9 Å². The zero-order valence-corrected chi connectivity index (χ0v) is 21.9. The van der Waals surface area contributed by atoms with Crippen molar-refractivity contribution in [3.05, 3.63) is 89.6 Å². The Bertz CT molecular complexity index is 1490. The average Bonchev–Trinajstić information content (AvgIpc) is 3.51. The molecule has 8 heteroatoms. The van der Waals surface area contributed by atoms with Crippen molar-refractivity contribution in [2.75, 3.05) is 18.7 Å². The number of nitrogens with one attached hydrogen (secondary N) is 1. The van der Waals surface area contributed by atoms with E-state index in [0.717, 1.165) is 28.1 Å². The number of ether oxygens (including phenoxy) is 2. The van der Waals surface area contributed by atoms with E-state index < -0.39 is 0 Å². The lowest BCUT2D eigenvalue weighted by molar-refractivity contribution is -0.117. The van der Waals surface area contributed by atoms with Gasteiger partial charge in [0.15, 0.2) is 11.5 Å². The predicted molar refractivity (Wildman–Crippen MR) is 146 cm³/mol. The highest BCUT2D eigenvalue weighted by molar-refractivity contribution is 6.01. The first-order chi connectivity index (χ1) is 18.3. The van der Waals surface area contributed by atoms with Gasteiger partial charge in [0, 0.05) is 17.2 Å². The number of benzene rings is 3.